The van der Waals surface area contributed by atoms with E-state index in [1.165, 1.54) is 15.7 Å². The molecule has 0 saturated heterocycles. The summed E-state index contributed by atoms with van der Waals surface area (Å²) in [5, 5.41) is 26.1. The molecular formula is C27H32F3N4O8PS2. The number of rotatable bonds is 11. The van der Waals surface area contributed by atoms with Crippen molar-refractivity contribution in [3.8, 4) is 0 Å². The number of fused-ring (bicyclic) bond motifs is 1. The van der Waals surface area contributed by atoms with Crippen molar-refractivity contribution in [2.45, 2.75) is 67.4 Å². The van der Waals surface area contributed by atoms with E-state index in [2.05, 4.69) is 10.3 Å². The number of carbonyl (C=O) groups excluding carboxylic acids is 1. The van der Waals surface area contributed by atoms with E-state index < -0.39 is 60.6 Å². The van der Waals surface area contributed by atoms with Crippen molar-refractivity contribution in [1.29, 1.82) is 0 Å². The quantitative estimate of drug-likeness (QED) is 0.114. The Hall–Kier alpha value is -2.08. The van der Waals surface area contributed by atoms with Gasteiger partial charge in [0.1, 0.15) is 23.9 Å². The lowest BCUT2D eigenvalue weighted by atomic mass is 10.0. The number of alkyl halides is 3. The molecule has 0 aromatic heterocycles. The minimum absolute atomic E-state index is 0.0111. The zero-order chi connectivity index (χ0) is 32.4. The summed E-state index contributed by atoms with van der Waals surface area (Å²) in [4.78, 5) is 36.2. The average Bonchev–Trinajstić information content (AvgIpc) is 3.89. The lowest BCUT2D eigenvalue weighted by Crippen LogP contribution is -2.50. The minimum atomic E-state index is -5.16. The summed E-state index contributed by atoms with van der Waals surface area (Å²) in [6, 6.07) is 8.31. The lowest BCUT2D eigenvalue weighted by molar-refractivity contribution is -0.172. The molecule has 1 aromatic carbocycles. The van der Waals surface area contributed by atoms with Crippen LogP contribution in [0.2, 0.25) is 0 Å². The molecule has 2 aliphatic heterocycles. The van der Waals surface area contributed by atoms with E-state index in [0.29, 0.717) is 24.2 Å². The summed E-state index contributed by atoms with van der Waals surface area (Å²) in [7, 11) is -1.19. The molecule has 3 fully saturated rings. The highest BCUT2D eigenvalue weighted by atomic mass is 33.1. The Bertz CT molecular complexity index is 1470. The molecule has 18 heteroatoms. The van der Waals surface area contributed by atoms with Crippen molar-refractivity contribution >= 4 is 40.9 Å². The second kappa shape index (κ2) is 11.9. The van der Waals surface area contributed by atoms with Gasteiger partial charge in [-0.3, -0.25) is 9.36 Å². The van der Waals surface area contributed by atoms with Gasteiger partial charge in [-0.25, -0.2) is 9.89 Å². The first-order valence-electron chi connectivity index (χ1n) is 14.1. The molecule has 1 amide bonds. The third-order valence-electron chi connectivity index (χ3n) is 8.64. The van der Waals surface area contributed by atoms with Crippen LogP contribution in [0.1, 0.15) is 37.5 Å². The van der Waals surface area contributed by atoms with Crippen LogP contribution in [0.15, 0.2) is 58.9 Å². The number of nitrogens with one attached hydrogen (secondary N) is 2. The molecule has 6 N–H and O–H groups in total. The Morgan fingerprint density at radius 1 is 1.31 bits per heavy atom. The number of halogens is 3. The first-order chi connectivity index (χ1) is 21.2. The molecule has 3 aliphatic carbocycles. The molecule has 0 bridgehead atoms. The molecule has 3 saturated carbocycles. The van der Waals surface area contributed by atoms with E-state index in [4.69, 9.17) is 9.47 Å². The fourth-order valence-electron chi connectivity index (χ4n) is 6.04. The number of ether oxygens (including phenoxy) is 2. The predicted octanol–water partition coefficient (Wildman–Crippen LogP) is 2.90. The van der Waals surface area contributed by atoms with E-state index in [1.807, 2.05) is 6.26 Å². The van der Waals surface area contributed by atoms with Gasteiger partial charge >= 0.3 is 19.7 Å². The summed E-state index contributed by atoms with van der Waals surface area (Å²) in [5.74, 6) is -2.01. The van der Waals surface area contributed by atoms with Crippen molar-refractivity contribution in [3.05, 3.63) is 59.5 Å². The van der Waals surface area contributed by atoms with Crippen LogP contribution in [0.3, 0.4) is 0 Å². The molecule has 7 atom stereocenters. The maximum Gasteiger partial charge on any atom is 0.471 e. The van der Waals surface area contributed by atoms with Gasteiger partial charge in [-0.05, 0) is 47.3 Å². The second-order valence-electron chi connectivity index (χ2n) is 11.7. The van der Waals surface area contributed by atoms with Crippen molar-refractivity contribution in [2.24, 2.45) is 16.3 Å². The van der Waals surface area contributed by atoms with Crippen molar-refractivity contribution in [2.75, 3.05) is 12.8 Å². The number of aliphatic imine (C=N–C) groups is 1. The fraction of sp³-hybridized carbons (Fsp3) is 0.556. The van der Waals surface area contributed by atoms with Crippen LogP contribution in [0.25, 0.3) is 0 Å². The topological polar surface area (TPSA) is 173 Å². The fourth-order valence-corrected chi connectivity index (χ4v) is 10.1. The highest BCUT2D eigenvalue weighted by molar-refractivity contribution is 8.77. The van der Waals surface area contributed by atoms with Crippen LogP contribution in [-0.4, -0.2) is 84.9 Å². The number of aliphatic hydroxyl groups is 2. The van der Waals surface area contributed by atoms with Crippen molar-refractivity contribution in [3.63, 3.8) is 0 Å². The van der Waals surface area contributed by atoms with Crippen molar-refractivity contribution < 1.29 is 52.0 Å². The molecule has 7 unspecified atom stereocenters. The number of benzene rings is 1. The Morgan fingerprint density at radius 3 is 2.60 bits per heavy atom. The predicted molar refractivity (Wildman–Crippen MR) is 159 cm³/mol. The first kappa shape index (κ1) is 32.8. The number of amidine groups is 1. The van der Waals surface area contributed by atoms with Gasteiger partial charge < -0.3 is 40.1 Å². The number of hydrogen-bond donors (Lipinski definition) is 6. The largest absolute Gasteiger partial charge is 0.478 e. The zero-order valence-electron chi connectivity index (χ0n) is 23.8. The molecule has 1 aromatic rings. The third-order valence-corrected chi connectivity index (χ3v) is 12.6. The van der Waals surface area contributed by atoms with Gasteiger partial charge in [0, 0.05) is 36.7 Å². The Labute approximate surface area is 264 Å². The van der Waals surface area contributed by atoms with Gasteiger partial charge in [0.25, 0.3) is 0 Å². The van der Waals surface area contributed by atoms with E-state index in [-0.39, 0.29) is 23.9 Å². The summed E-state index contributed by atoms with van der Waals surface area (Å²) >= 11 is 0. The summed E-state index contributed by atoms with van der Waals surface area (Å²) in [5.41, 5.74) is -0.852. The molecule has 2 heterocycles. The molecule has 45 heavy (non-hydrogen) atoms. The van der Waals surface area contributed by atoms with Gasteiger partial charge in [-0.1, -0.05) is 41.1 Å². The third kappa shape index (κ3) is 6.83. The Morgan fingerprint density at radius 2 is 2.02 bits per heavy atom. The lowest BCUT2D eigenvalue weighted by Gasteiger charge is -2.35. The summed E-state index contributed by atoms with van der Waals surface area (Å²) in [6.07, 6.45) is -2.87. The van der Waals surface area contributed by atoms with Crippen LogP contribution >= 0.6 is 29.2 Å². The summed E-state index contributed by atoms with van der Waals surface area (Å²) < 4.78 is 63.6. The average molecular weight is 693 g/mol. The number of nitrogens with zero attached hydrogens (tertiary/aromatic N) is 2. The van der Waals surface area contributed by atoms with Crippen LogP contribution in [0.4, 0.5) is 13.2 Å². The second-order valence-corrected chi connectivity index (χ2v) is 16.2. The van der Waals surface area contributed by atoms with E-state index in [1.54, 1.807) is 52.5 Å². The molecule has 246 valence electrons. The zero-order valence-corrected chi connectivity index (χ0v) is 26.3. The van der Waals surface area contributed by atoms with Gasteiger partial charge in [0.2, 0.25) is 6.35 Å². The maximum atomic E-state index is 13.0. The molecule has 6 rings (SSSR count). The number of aliphatic hydroxyl groups excluding tert-OH is 2. The standard InChI is InChI=1S/C27H32F3N4O8PS2/c1-44-45-26(7-8-26)42-17-9-19(41-18(17)11-25-10-16(25)20(25)43(38,39)40)34-13-15(12-31-23(36)27(28,29)30)21(33-24(34)37)32-22(35)14-5-3-2-4-6-14/h2-6,9,12,16,18-20,22,24,35,37H,7-8,10-11,13H2,1H3,(H,31,36)(H,32,33)(H2,38,39,40)/b15-12+. The van der Waals surface area contributed by atoms with Gasteiger partial charge in [-0.15, -0.1) is 0 Å². The van der Waals surface area contributed by atoms with E-state index >= 15 is 0 Å². The van der Waals surface area contributed by atoms with E-state index in [0.717, 1.165) is 19.0 Å². The number of hydrogen-bond acceptors (Lipinski definition) is 11. The van der Waals surface area contributed by atoms with Gasteiger partial charge in [-0.2, -0.15) is 13.2 Å². The smallest absolute Gasteiger partial charge is 0.471 e. The summed E-state index contributed by atoms with van der Waals surface area (Å²) in [6.45, 7) is -0.266. The highest BCUT2D eigenvalue weighted by Crippen LogP contribution is 2.87. The van der Waals surface area contributed by atoms with Crippen LogP contribution in [0.5, 0.6) is 0 Å². The molecular weight excluding hydrogens is 660 g/mol. The van der Waals surface area contributed by atoms with E-state index in [9.17, 15) is 42.5 Å². The normalized spacial score (nSPS) is 33.5. The Kier molecular flexibility index (Phi) is 8.66. The maximum absolute atomic E-state index is 13.0. The number of amides is 1. The van der Waals surface area contributed by atoms with Crippen molar-refractivity contribution in [1.82, 2.24) is 15.5 Å². The van der Waals surface area contributed by atoms with Crippen LogP contribution in [0, 0.1) is 11.3 Å². The molecule has 12 nitrogen and oxygen atoms in total. The highest BCUT2D eigenvalue weighted by Gasteiger charge is 2.84. The van der Waals surface area contributed by atoms with Gasteiger partial charge in [0.15, 0.2) is 11.2 Å². The molecule has 0 radical (unpaired) electrons. The number of carbonyl (C=O) groups is 1. The minimum Gasteiger partial charge on any atom is -0.478 e. The van der Waals surface area contributed by atoms with Crippen LogP contribution in [-0.2, 0) is 18.8 Å². The SMILES string of the molecule is CSSC1(OC2=CC(N3C/C(=C\NC(=O)C(F)(F)F)C(NC(O)c4ccccc4)=NC3O)OC2CC23CC2C3P(=O)(O)O)CC1. The van der Waals surface area contributed by atoms with Gasteiger partial charge in [0.05, 0.1) is 5.66 Å². The molecule has 0 spiro atoms. The molecule has 5 aliphatic rings. The monoisotopic (exact) mass is 692 g/mol. The first-order valence-corrected chi connectivity index (χ1v) is 18.3. The van der Waals surface area contributed by atoms with Crippen LogP contribution < -0.4 is 10.6 Å². The Balaban J connectivity index is 1.25.